The van der Waals surface area contributed by atoms with Gasteiger partial charge in [0.25, 0.3) is 0 Å². The van der Waals surface area contributed by atoms with E-state index in [4.69, 9.17) is 4.74 Å². The van der Waals surface area contributed by atoms with Gasteiger partial charge in [0, 0.05) is 44.1 Å². The van der Waals surface area contributed by atoms with Gasteiger partial charge in [0.05, 0.1) is 7.11 Å². The Bertz CT molecular complexity index is 793. The maximum absolute atomic E-state index is 12.1. The van der Waals surface area contributed by atoms with Crippen LogP contribution in [0.5, 0.6) is 5.75 Å². The topological polar surface area (TPSA) is 53.0 Å². The van der Waals surface area contributed by atoms with Crippen LogP contribution in [0.25, 0.3) is 0 Å². The SMILES string of the molecule is COc1ccc([C@H]2CN(Cc3ccccc3)[C@@H]3CCN(C(=O)CO)C[C@H]23)cc1. The molecule has 0 radical (unpaired) electrons. The van der Waals surface area contributed by atoms with Crippen molar-refractivity contribution >= 4 is 5.91 Å². The van der Waals surface area contributed by atoms with Gasteiger partial charge < -0.3 is 14.7 Å². The third-order valence-corrected chi connectivity index (χ3v) is 6.30. The van der Waals surface area contributed by atoms with Crippen molar-refractivity contribution in [1.29, 1.82) is 0 Å². The minimum Gasteiger partial charge on any atom is -0.497 e. The molecule has 4 rings (SSSR count). The molecule has 1 amide bonds. The number of hydrogen-bond acceptors (Lipinski definition) is 4. The fourth-order valence-corrected chi connectivity index (χ4v) is 4.87. The van der Waals surface area contributed by atoms with Crippen LogP contribution < -0.4 is 4.74 Å². The number of piperidine rings is 1. The smallest absolute Gasteiger partial charge is 0.248 e. The van der Waals surface area contributed by atoms with E-state index in [-0.39, 0.29) is 5.91 Å². The lowest BCUT2D eigenvalue weighted by atomic mass is 9.81. The summed E-state index contributed by atoms with van der Waals surface area (Å²) in [5.41, 5.74) is 2.62. The molecule has 0 bridgehead atoms. The largest absolute Gasteiger partial charge is 0.497 e. The quantitative estimate of drug-likeness (QED) is 0.866. The number of methoxy groups -OCH3 is 1. The molecule has 5 nitrogen and oxygen atoms in total. The minimum atomic E-state index is -0.404. The Morgan fingerprint density at radius 3 is 2.54 bits per heavy atom. The Hall–Kier alpha value is -2.37. The Morgan fingerprint density at radius 1 is 1.11 bits per heavy atom. The number of carbonyl (C=O) groups excluding carboxylic acids is 1. The number of fused-ring (bicyclic) bond motifs is 1. The van der Waals surface area contributed by atoms with Crippen LogP contribution in [0.15, 0.2) is 54.6 Å². The Kier molecular flexibility index (Phi) is 5.64. The molecule has 2 saturated heterocycles. The highest BCUT2D eigenvalue weighted by atomic mass is 16.5. The number of hydrogen-bond donors (Lipinski definition) is 1. The summed E-state index contributed by atoms with van der Waals surface area (Å²) in [7, 11) is 1.68. The highest BCUT2D eigenvalue weighted by molar-refractivity contribution is 5.77. The van der Waals surface area contributed by atoms with Gasteiger partial charge in [-0.25, -0.2) is 0 Å². The minimum absolute atomic E-state index is 0.159. The predicted octanol–water partition coefficient (Wildman–Crippen LogP) is 2.50. The molecule has 0 saturated carbocycles. The molecular formula is C23H28N2O3. The van der Waals surface area contributed by atoms with E-state index in [1.807, 2.05) is 17.0 Å². The Labute approximate surface area is 166 Å². The molecule has 148 valence electrons. The van der Waals surface area contributed by atoms with E-state index in [9.17, 15) is 9.90 Å². The van der Waals surface area contributed by atoms with Crippen LogP contribution in [0.3, 0.4) is 0 Å². The van der Waals surface area contributed by atoms with Crippen molar-refractivity contribution < 1.29 is 14.6 Å². The third-order valence-electron chi connectivity index (χ3n) is 6.30. The van der Waals surface area contributed by atoms with Crippen molar-refractivity contribution in [3.63, 3.8) is 0 Å². The van der Waals surface area contributed by atoms with Crippen molar-refractivity contribution in [1.82, 2.24) is 9.80 Å². The van der Waals surface area contributed by atoms with Gasteiger partial charge in [-0.15, -0.1) is 0 Å². The van der Waals surface area contributed by atoms with Crippen LogP contribution in [-0.2, 0) is 11.3 Å². The van der Waals surface area contributed by atoms with Gasteiger partial charge in [-0.05, 0) is 29.7 Å². The maximum atomic E-state index is 12.1. The Morgan fingerprint density at radius 2 is 1.86 bits per heavy atom. The molecular weight excluding hydrogens is 352 g/mol. The molecule has 1 N–H and O–H groups in total. The highest BCUT2D eigenvalue weighted by Gasteiger charge is 2.45. The summed E-state index contributed by atoms with van der Waals surface area (Å²) in [5.74, 6) is 1.45. The van der Waals surface area contributed by atoms with Gasteiger partial charge in [-0.3, -0.25) is 9.69 Å². The summed E-state index contributed by atoms with van der Waals surface area (Å²) < 4.78 is 5.31. The van der Waals surface area contributed by atoms with E-state index in [2.05, 4.69) is 47.4 Å². The van der Waals surface area contributed by atoms with Crippen molar-refractivity contribution in [3.8, 4) is 5.75 Å². The zero-order chi connectivity index (χ0) is 19.5. The molecule has 0 spiro atoms. The van der Waals surface area contributed by atoms with Gasteiger partial charge >= 0.3 is 0 Å². The first-order chi connectivity index (χ1) is 13.7. The Balaban J connectivity index is 1.59. The van der Waals surface area contributed by atoms with E-state index in [1.54, 1.807) is 7.11 Å². The predicted molar refractivity (Wildman–Crippen MR) is 108 cm³/mol. The highest BCUT2D eigenvalue weighted by Crippen LogP contribution is 2.42. The van der Waals surface area contributed by atoms with Gasteiger partial charge in [0.1, 0.15) is 12.4 Å². The monoisotopic (exact) mass is 380 g/mol. The van der Waals surface area contributed by atoms with Gasteiger partial charge in [0.2, 0.25) is 5.91 Å². The molecule has 2 fully saturated rings. The fraction of sp³-hybridized carbons (Fsp3) is 0.435. The molecule has 2 aromatic rings. The van der Waals surface area contributed by atoms with Gasteiger partial charge in [0.15, 0.2) is 0 Å². The molecule has 2 aromatic carbocycles. The number of ether oxygens (including phenoxy) is 1. The second-order valence-corrected chi connectivity index (χ2v) is 7.81. The van der Waals surface area contributed by atoms with Crippen LogP contribution in [-0.4, -0.2) is 60.2 Å². The fourth-order valence-electron chi connectivity index (χ4n) is 4.87. The van der Waals surface area contributed by atoms with Crippen LogP contribution in [0.1, 0.15) is 23.5 Å². The zero-order valence-electron chi connectivity index (χ0n) is 16.3. The summed E-state index contributed by atoms with van der Waals surface area (Å²) in [4.78, 5) is 16.5. The lowest BCUT2D eigenvalue weighted by molar-refractivity contribution is -0.136. The first kappa shape index (κ1) is 19.0. The molecule has 3 atom stereocenters. The number of amides is 1. The normalized spacial score (nSPS) is 24.8. The summed E-state index contributed by atoms with van der Waals surface area (Å²) >= 11 is 0. The number of aliphatic hydroxyl groups is 1. The van der Waals surface area contributed by atoms with E-state index < -0.39 is 6.61 Å². The van der Waals surface area contributed by atoms with Crippen LogP contribution in [0.2, 0.25) is 0 Å². The third kappa shape index (κ3) is 3.77. The van der Waals surface area contributed by atoms with E-state index >= 15 is 0 Å². The average Bonchev–Trinajstić information content (AvgIpc) is 3.11. The van der Waals surface area contributed by atoms with Gasteiger partial charge in [-0.1, -0.05) is 42.5 Å². The number of likely N-dealkylation sites (tertiary alicyclic amines) is 2. The molecule has 0 aliphatic carbocycles. The van der Waals surface area contributed by atoms with E-state index in [0.717, 1.165) is 31.8 Å². The van der Waals surface area contributed by atoms with Crippen LogP contribution in [0.4, 0.5) is 0 Å². The van der Waals surface area contributed by atoms with Crippen LogP contribution in [0, 0.1) is 5.92 Å². The first-order valence-electron chi connectivity index (χ1n) is 10.00. The summed E-state index contributed by atoms with van der Waals surface area (Å²) in [6.07, 6.45) is 0.954. The molecule has 0 aromatic heterocycles. The number of carbonyl (C=O) groups is 1. The van der Waals surface area contributed by atoms with Crippen molar-refractivity contribution in [2.75, 3.05) is 33.4 Å². The second kappa shape index (κ2) is 8.33. The average molecular weight is 380 g/mol. The van der Waals surface area contributed by atoms with Crippen molar-refractivity contribution in [3.05, 3.63) is 65.7 Å². The number of rotatable bonds is 5. The van der Waals surface area contributed by atoms with Crippen molar-refractivity contribution in [2.45, 2.75) is 24.9 Å². The lowest BCUT2D eigenvalue weighted by Gasteiger charge is -2.39. The standard InChI is InChI=1S/C23H28N2O3/c1-28-19-9-7-18(8-10-19)20-14-25(13-17-5-3-2-4-6-17)22-11-12-24(15-21(20)22)23(27)16-26/h2-10,20-22,26H,11-16H2,1H3/t20-,21-,22-/m1/s1. The number of benzene rings is 2. The lowest BCUT2D eigenvalue weighted by Crippen LogP contribution is -2.49. The summed E-state index contributed by atoms with van der Waals surface area (Å²) in [6.45, 7) is 2.95. The molecule has 28 heavy (non-hydrogen) atoms. The van der Waals surface area contributed by atoms with Gasteiger partial charge in [-0.2, -0.15) is 0 Å². The molecule has 0 unspecified atom stereocenters. The molecule has 2 aliphatic rings. The summed E-state index contributed by atoms with van der Waals surface area (Å²) in [6, 6.07) is 19.4. The van der Waals surface area contributed by atoms with Crippen molar-refractivity contribution in [2.24, 2.45) is 5.92 Å². The number of nitrogens with zero attached hydrogens (tertiary/aromatic N) is 2. The summed E-state index contributed by atoms with van der Waals surface area (Å²) in [5, 5.41) is 9.30. The maximum Gasteiger partial charge on any atom is 0.248 e. The molecule has 5 heteroatoms. The first-order valence-corrected chi connectivity index (χ1v) is 10.00. The van der Waals surface area contributed by atoms with Crippen LogP contribution >= 0.6 is 0 Å². The van der Waals surface area contributed by atoms with E-state index in [1.165, 1.54) is 11.1 Å². The molecule has 2 heterocycles. The second-order valence-electron chi connectivity index (χ2n) is 7.81. The number of aliphatic hydroxyl groups excluding tert-OH is 1. The molecule has 2 aliphatic heterocycles. The van der Waals surface area contributed by atoms with E-state index in [0.29, 0.717) is 24.4 Å². The zero-order valence-corrected chi connectivity index (χ0v) is 16.3.